The molecule has 1 unspecified atom stereocenters. The van der Waals surface area contributed by atoms with Gasteiger partial charge in [-0.15, -0.1) is 0 Å². The maximum atomic E-state index is 13.6. The first kappa shape index (κ1) is 22.7. The zero-order chi connectivity index (χ0) is 22.1. The van der Waals surface area contributed by atoms with Crippen molar-refractivity contribution in [2.75, 3.05) is 0 Å². The maximum Gasteiger partial charge on any atom is 0.434 e. The quantitative estimate of drug-likeness (QED) is 0.496. The number of pyridine rings is 2. The Hall–Kier alpha value is -1.97. The molecule has 1 saturated carbocycles. The summed E-state index contributed by atoms with van der Waals surface area (Å²) in [6.45, 7) is 0. The van der Waals surface area contributed by atoms with Crippen LogP contribution < -0.4 is 5.32 Å². The zero-order valence-electron chi connectivity index (χ0n) is 15.4. The smallest absolute Gasteiger partial charge is 0.387 e. The monoisotopic (exact) mass is 465 g/mol. The molecule has 1 aliphatic carbocycles. The number of aliphatic hydroxyl groups is 1. The number of hydrogen-bond donors (Lipinski definition) is 2. The molecule has 2 aromatic heterocycles. The van der Waals surface area contributed by atoms with Crippen LogP contribution in [0.5, 0.6) is 0 Å². The van der Waals surface area contributed by atoms with Crippen LogP contribution in [0.3, 0.4) is 0 Å². The normalized spacial score (nSPS) is 23.1. The number of carbonyl (C=O) groups excluding carboxylic acids is 1. The third-order valence-electron chi connectivity index (χ3n) is 5.03. The lowest BCUT2D eigenvalue weighted by Gasteiger charge is -2.40. The van der Waals surface area contributed by atoms with E-state index in [0.717, 1.165) is 12.3 Å². The van der Waals surface area contributed by atoms with Crippen LogP contribution in [0, 0.1) is 0 Å². The van der Waals surface area contributed by atoms with Crippen molar-refractivity contribution in [2.24, 2.45) is 0 Å². The minimum atomic E-state index is -4.85. The van der Waals surface area contributed by atoms with Crippen LogP contribution in [0.15, 0.2) is 30.5 Å². The molecular formula is C19H17Cl2F4N3O2. The van der Waals surface area contributed by atoms with E-state index < -0.39 is 46.2 Å². The lowest BCUT2D eigenvalue weighted by molar-refractivity contribution is -0.141. The number of nitrogens with zero attached hydrogens (tertiary/aromatic N) is 2. The van der Waals surface area contributed by atoms with Gasteiger partial charge >= 0.3 is 6.18 Å². The van der Waals surface area contributed by atoms with Gasteiger partial charge < -0.3 is 10.4 Å². The Balaban J connectivity index is 1.97. The Morgan fingerprint density at radius 3 is 2.50 bits per heavy atom. The topological polar surface area (TPSA) is 75.1 Å². The third-order valence-corrected chi connectivity index (χ3v) is 5.62. The summed E-state index contributed by atoms with van der Waals surface area (Å²) in [5, 5.41) is 12.9. The Kier molecular flexibility index (Phi) is 6.54. The SMILES string of the molecule is O=C(NC(c1cccc(Cl)n1)[C@]1(O)CC[C@@H](F)CC1)c1ccnc(C(F)(F)F)c1Cl. The second kappa shape index (κ2) is 8.64. The fraction of sp³-hybridized carbons (Fsp3) is 0.421. The van der Waals surface area contributed by atoms with E-state index in [1.54, 1.807) is 6.07 Å². The third kappa shape index (κ3) is 4.84. The average molecular weight is 466 g/mol. The molecule has 0 bridgehead atoms. The molecule has 0 saturated heterocycles. The largest absolute Gasteiger partial charge is 0.434 e. The summed E-state index contributed by atoms with van der Waals surface area (Å²) in [5.41, 5.74) is -3.24. The second-order valence-corrected chi connectivity index (χ2v) is 7.85. The van der Waals surface area contributed by atoms with Gasteiger partial charge in [0, 0.05) is 6.20 Å². The average Bonchev–Trinajstić information content (AvgIpc) is 2.67. The van der Waals surface area contributed by atoms with E-state index in [1.165, 1.54) is 12.1 Å². The predicted molar refractivity (Wildman–Crippen MR) is 102 cm³/mol. The van der Waals surface area contributed by atoms with Crippen molar-refractivity contribution < 1.29 is 27.5 Å². The molecule has 3 rings (SSSR count). The highest BCUT2D eigenvalue weighted by atomic mass is 35.5. The summed E-state index contributed by atoms with van der Waals surface area (Å²) >= 11 is 11.7. The van der Waals surface area contributed by atoms with E-state index >= 15 is 0 Å². The summed E-state index contributed by atoms with van der Waals surface area (Å²) in [5.74, 6) is -0.963. The molecule has 11 heteroatoms. The Bertz CT molecular complexity index is 934. The number of alkyl halides is 4. The molecule has 0 spiro atoms. The van der Waals surface area contributed by atoms with Crippen LogP contribution in [0.1, 0.15) is 53.5 Å². The number of hydrogen-bond acceptors (Lipinski definition) is 4. The highest BCUT2D eigenvalue weighted by Gasteiger charge is 2.43. The highest BCUT2D eigenvalue weighted by molar-refractivity contribution is 6.34. The van der Waals surface area contributed by atoms with Gasteiger partial charge in [-0.2, -0.15) is 13.2 Å². The molecular weight excluding hydrogens is 449 g/mol. The van der Waals surface area contributed by atoms with E-state index in [1.807, 2.05) is 0 Å². The minimum absolute atomic E-state index is 0.0190. The first-order valence-corrected chi connectivity index (χ1v) is 9.78. The van der Waals surface area contributed by atoms with Gasteiger partial charge in [0.1, 0.15) is 17.4 Å². The van der Waals surface area contributed by atoms with Crippen LogP contribution in [-0.4, -0.2) is 32.8 Å². The molecule has 2 heterocycles. The van der Waals surface area contributed by atoms with Gasteiger partial charge in [-0.05, 0) is 43.9 Å². The van der Waals surface area contributed by atoms with Crippen molar-refractivity contribution in [3.63, 3.8) is 0 Å². The molecule has 1 atom stereocenters. The van der Waals surface area contributed by atoms with Crippen LogP contribution in [0.25, 0.3) is 0 Å². The molecule has 1 aliphatic rings. The lowest BCUT2D eigenvalue weighted by atomic mass is 9.77. The molecule has 0 radical (unpaired) electrons. The standard InChI is InChI=1S/C19H17Cl2F4N3O2/c20-13-3-1-2-12(27-13)15(18(30)7-4-10(22)5-8-18)28-17(29)11-6-9-26-16(14(11)21)19(23,24)25/h1-3,6,9-10,15,30H,4-5,7-8H2,(H,28,29)/t10-,15?,18+. The highest BCUT2D eigenvalue weighted by Crippen LogP contribution is 2.40. The number of carbonyl (C=O) groups is 1. The van der Waals surface area contributed by atoms with Crippen molar-refractivity contribution in [1.29, 1.82) is 0 Å². The number of aromatic nitrogens is 2. The summed E-state index contributed by atoms with van der Waals surface area (Å²) in [6.07, 6.45) is -4.94. The van der Waals surface area contributed by atoms with Gasteiger partial charge in [-0.3, -0.25) is 9.78 Å². The van der Waals surface area contributed by atoms with E-state index in [2.05, 4.69) is 15.3 Å². The Morgan fingerprint density at radius 1 is 1.23 bits per heavy atom. The number of nitrogens with one attached hydrogen (secondary N) is 1. The van der Waals surface area contributed by atoms with Gasteiger partial charge in [0.2, 0.25) is 0 Å². The molecule has 0 aliphatic heterocycles. The van der Waals surface area contributed by atoms with Gasteiger partial charge in [0.25, 0.3) is 5.91 Å². The Morgan fingerprint density at radius 2 is 1.90 bits per heavy atom. The van der Waals surface area contributed by atoms with E-state index in [0.29, 0.717) is 0 Å². The van der Waals surface area contributed by atoms with E-state index in [9.17, 15) is 27.5 Å². The molecule has 162 valence electrons. The van der Waals surface area contributed by atoms with Crippen molar-refractivity contribution >= 4 is 29.1 Å². The minimum Gasteiger partial charge on any atom is -0.387 e. The number of halogens is 6. The molecule has 1 fully saturated rings. The predicted octanol–water partition coefficient (Wildman–Crippen LogP) is 4.92. The van der Waals surface area contributed by atoms with Gasteiger partial charge in [0.15, 0.2) is 5.69 Å². The second-order valence-electron chi connectivity index (χ2n) is 7.09. The first-order chi connectivity index (χ1) is 14.0. The van der Waals surface area contributed by atoms with Gasteiger partial charge in [-0.1, -0.05) is 29.3 Å². The zero-order valence-corrected chi connectivity index (χ0v) is 16.9. The van der Waals surface area contributed by atoms with Crippen molar-refractivity contribution in [3.05, 3.63) is 57.6 Å². The summed E-state index contributed by atoms with van der Waals surface area (Å²) in [4.78, 5) is 20.1. The first-order valence-electron chi connectivity index (χ1n) is 9.03. The van der Waals surface area contributed by atoms with Crippen molar-refractivity contribution in [3.8, 4) is 0 Å². The molecule has 1 amide bonds. The van der Waals surface area contributed by atoms with Crippen LogP contribution in [0.2, 0.25) is 10.2 Å². The summed E-state index contributed by atoms with van der Waals surface area (Å²) < 4.78 is 52.8. The van der Waals surface area contributed by atoms with E-state index in [-0.39, 0.29) is 36.5 Å². The summed E-state index contributed by atoms with van der Waals surface area (Å²) in [6, 6.07) is 4.44. The van der Waals surface area contributed by atoms with Crippen LogP contribution in [-0.2, 0) is 6.18 Å². The Labute approximate surface area is 179 Å². The van der Waals surface area contributed by atoms with Crippen molar-refractivity contribution in [2.45, 2.75) is 49.7 Å². The molecule has 30 heavy (non-hydrogen) atoms. The van der Waals surface area contributed by atoms with E-state index in [4.69, 9.17) is 23.2 Å². The summed E-state index contributed by atoms with van der Waals surface area (Å²) in [7, 11) is 0. The fourth-order valence-electron chi connectivity index (χ4n) is 3.47. The number of rotatable bonds is 4. The maximum absolute atomic E-state index is 13.6. The van der Waals surface area contributed by atoms with Crippen LogP contribution >= 0.6 is 23.2 Å². The fourth-order valence-corrected chi connectivity index (χ4v) is 3.94. The van der Waals surface area contributed by atoms with Crippen LogP contribution in [0.4, 0.5) is 17.6 Å². The van der Waals surface area contributed by atoms with Gasteiger partial charge in [0.05, 0.1) is 21.9 Å². The molecule has 0 aromatic carbocycles. The van der Waals surface area contributed by atoms with Gasteiger partial charge in [-0.25, -0.2) is 9.37 Å². The number of amides is 1. The lowest BCUT2D eigenvalue weighted by Crippen LogP contribution is -2.49. The van der Waals surface area contributed by atoms with Crippen molar-refractivity contribution in [1.82, 2.24) is 15.3 Å². The molecule has 2 aromatic rings. The molecule has 5 nitrogen and oxygen atoms in total. The molecule has 2 N–H and O–H groups in total.